The van der Waals surface area contributed by atoms with Crippen molar-refractivity contribution in [2.45, 2.75) is 6.54 Å². The molecule has 2 aromatic carbocycles. The summed E-state index contributed by atoms with van der Waals surface area (Å²) in [5.41, 5.74) is 3.10. The number of nitrogens with one attached hydrogen (secondary N) is 1. The molecular formula is C16H16FN. The van der Waals surface area contributed by atoms with Crippen molar-refractivity contribution in [3.05, 3.63) is 78.1 Å². The van der Waals surface area contributed by atoms with Gasteiger partial charge in [-0.15, -0.1) is 0 Å². The van der Waals surface area contributed by atoms with Gasteiger partial charge in [-0.3, -0.25) is 0 Å². The van der Waals surface area contributed by atoms with Crippen LogP contribution in [0.4, 0.5) is 4.39 Å². The summed E-state index contributed by atoms with van der Waals surface area (Å²) in [6, 6.07) is 16.7. The number of benzene rings is 2. The van der Waals surface area contributed by atoms with Crippen molar-refractivity contribution in [2.75, 3.05) is 6.54 Å². The van der Waals surface area contributed by atoms with E-state index >= 15 is 0 Å². The molecule has 2 rings (SSSR count). The Morgan fingerprint density at radius 3 is 2.56 bits per heavy atom. The summed E-state index contributed by atoms with van der Waals surface area (Å²) in [5.74, 6) is -0.198. The van der Waals surface area contributed by atoms with E-state index < -0.39 is 0 Å². The van der Waals surface area contributed by atoms with Crippen molar-refractivity contribution < 1.29 is 4.39 Å². The predicted molar refractivity (Wildman–Crippen MR) is 73.6 cm³/mol. The zero-order valence-corrected chi connectivity index (χ0v) is 10.2. The molecule has 0 amide bonds. The van der Waals surface area contributed by atoms with Crippen LogP contribution in [0.2, 0.25) is 0 Å². The van der Waals surface area contributed by atoms with Crippen molar-refractivity contribution in [3.63, 3.8) is 0 Å². The fourth-order valence-corrected chi connectivity index (χ4v) is 1.78. The van der Waals surface area contributed by atoms with E-state index in [1.54, 1.807) is 6.07 Å². The van der Waals surface area contributed by atoms with Crippen LogP contribution in [0.1, 0.15) is 11.1 Å². The lowest BCUT2D eigenvalue weighted by molar-refractivity contribution is 0.623. The average Bonchev–Trinajstić information content (AvgIpc) is 2.40. The first-order valence-corrected chi connectivity index (χ1v) is 5.94. The maximum atomic E-state index is 13.0. The SMILES string of the molecule is C=C(CNCc1cccc(F)c1)c1ccccc1. The molecule has 0 unspecified atom stereocenters. The van der Waals surface area contributed by atoms with E-state index in [2.05, 4.69) is 11.9 Å². The number of rotatable bonds is 5. The summed E-state index contributed by atoms with van der Waals surface area (Å²) in [6.07, 6.45) is 0. The minimum absolute atomic E-state index is 0.198. The molecule has 1 nitrogen and oxygen atoms in total. The third-order valence-corrected chi connectivity index (χ3v) is 2.74. The van der Waals surface area contributed by atoms with E-state index in [1.807, 2.05) is 36.4 Å². The second-order valence-electron chi connectivity index (χ2n) is 4.20. The summed E-state index contributed by atoms with van der Waals surface area (Å²) < 4.78 is 13.0. The summed E-state index contributed by atoms with van der Waals surface area (Å²) in [5, 5.41) is 3.26. The first kappa shape index (κ1) is 12.5. The minimum atomic E-state index is -0.198. The molecule has 1 N–H and O–H groups in total. The Bertz CT molecular complexity index is 520. The van der Waals surface area contributed by atoms with Crippen LogP contribution in [0, 0.1) is 5.82 Å². The molecule has 0 radical (unpaired) electrons. The first-order chi connectivity index (χ1) is 8.75. The van der Waals surface area contributed by atoms with E-state index in [-0.39, 0.29) is 5.82 Å². The molecule has 2 aromatic rings. The van der Waals surface area contributed by atoms with Crippen molar-refractivity contribution in [2.24, 2.45) is 0 Å². The second-order valence-corrected chi connectivity index (χ2v) is 4.20. The Hall–Kier alpha value is -1.93. The monoisotopic (exact) mass is 241 g/mol. The second kappa shape index (κ2) is 6.12. The van der Waals surface area contributed by atoms with Crippen LogP contribution in [-0.4, -0.2) is 6.54 Å². The molecule has 0 bridgehead atoms. The first-order valence-electron chi connectivity index (χ1n) is 5.94. The van der Waals surface area contributed by atoms with Gasteiger partial charge in [-0.2, -0.15) is 0 Å². The molecule has 2 heteroatoms. The molecule has 0 aromatic heterocycles. The fourth-order valence-electron chi connectivity index (χ4n) is 1.78. The van der Waals surface area contributed by atoms with Gasteiger partial charge in [0.15, 0.2) is 0 Å². The summed E-state index contributed by atoms with van der Waals surface area (Å²) in [7, 11) is 0. The van der Waals surface area contributed by atoms with Gasteiger partial charge < -0.3 is 5.32 Å². The van der Waals surface area contributed by atoms with E-state index in [1.165, 1.54) is 12.1 Å². The molecular weight excluding hydrogens is 225 g/mol. The zero-order valence-electron chi connectivity index (χ0n) is 10.2. The summed E-state index contributed by atoms with van der Waals surface area (Å²) in [6.45, 7) is 5.37. The van der Waals surface area contributed by atoms with Crippen LogP contribution in [-0.2, 0) is 6.54 Å². The maximum absolute atomic E-state index is 13.0. The van der Waals surface area contributed by atoms with Gasteiger partial charge in [0, 0.05) is 13.1 Å². The largest absolute Gasteiger partial charge is 0.309 e. The Balaban J connectivity index is 1.84. The van der Waals surface area contributed by atoms with Gasteiger partial charge in [0.25, 0.3) is 0 Å². The predicted octanol–water partition coefficient (Wildman–Crippen LogP) is 3.63. The summed E-state index contributed by atoms with van der Waals surface area (Å²) in [4.78, 5) is 0. The molecule has 0 aliphatic heterocycles. The Kier molecular flexibility index (Phi) is 4.26. The lowest BCUT2D eigenvalue weighted by Crippen LogP contribution is -2.15. The maximum Gasteiger partial charge on any atom is 0.123 e. The van der Waals surface area contributed by atoms with Gasteiger partial charge in [-0.05, 0) is 28.8 Å². The lowest BCUT2D eigenvalue weighted by Gasteiger charge is -2.08. The van der Waals surface area contributed by atoms with Crippen molar-refractivity contribution in [3.8, 4) is 0 Å². The number of hydrogen-bond donors (Lipinski definition) is 1. The fraction of sp³-hybridized carbons (Fsp3) is 0.125. The summed E-state index contributed by atoms with van der Waals surface area (Å²) >= 11 is 0. The molecule has 0 aliphatic carbocycles. The minimum Gasteiger partial charge on any atom is -0.309 e. The molecule has 0 atom stereocenters. The van der Waals surface area contributed by atoms with Crippen LogP contribution in [0.15, 0.2) is 61.2 Å². The van der Waals surface area contributed by atoms with Gasteiger partial charge in [0.05, 0.1) is 0 Å². The molecule has 0 aliphatic rings. The normalized spacial score (nSPS) is 10.3. The third kappa shape index (κ3) is 3.54. The highest BCUT2D eigenvalue weighted by atomic mass is 19.1. The van der Waals surface area contributed by atoms with Gasteiger partial charge >= 0.3 is 0 Å². The van der Waals surface area contributed by atoms with E-state index in [0.717, 1.165) is 16.7 Å². The third-order valence-electron chi connectivity index (χ3n) is 2.74. The van der Waals surface area contributed by atoms with E-state index in [9.17, 15) is 4.39 Å². The standard InChI is InChI=1S/C16H16FN/c1-13(15-7-3-2-4-8-15)11-18-12-14-6-5-9-16(17)10-14/h2-10,18H,1,11-12H2. The molecule has 0 spiro atoms. The van der Waals surface area contributed by atoms with Crippen molar-refractivity contribution in [1.29, 1.82) is 0 Å². The van der Waals surface area contributed by atoms with Crippen LogP contribution in [0.3, 0.4) is 0 Å². The molecule has 92 valence electrons. The van der Waals surface area contributed by atoms with Gasteiger partial charge in [0.1, 0.15) is 5.82 Å². The number of hydrogen-bond acceptors (Lipinski definition) is 1. The highest BCUT2D eigenvalue weighted by molar-refractivity contribution is 5.64. The van der Waals surface area contributed by atoms with Crippen molar-refractivity contribution in [1.82, 2.24) is 5.32 Å². The van der Waals surface area contributed by atoms with Crippen LogP contribution in [0.25, 0.3) is 5.57 Å². The molecule has 0 fully saturated rings. The Morgan fingerprint density at radius 1 is 1.06 bits per heavy atom. The topological polar surface area (TPSA) is 12.0 Å². The Morgan fingerprint density at radius 2 is 1.83 bits per heavy atom. The van der Waals surface area contributed by atoms with Gasteiger partial charge in [-0.1, -0.05) is 49.0 Å². The highest BCUT2D eigenvalue weighted by Gasteiger charge is 1.98. The van der Waals surface area contributed by atoms with E-state index in [4.69, 9.17) is 0 Å². The van der Waals surface area contributed by atoms with Gasteiger partial charge in [0.2, 0.25) is 0 Å². The molecule has 18 heavy (non-hydrogen) atoms. The van der Waals surface area contributed by atoms with Crippen LogP contribution in [0.5, 0.6) is 0 Å². The van der Waals surface area contributed by atoms with E-state index in [0.29, 0.717) is 13.1 Å². The zero-order chi connectivity index (χ0) is 12.8. The Labute approximate surface area is 107 Å². The van der Waals surface area contributed by atoms with Gasteiger partial charge in [-0.25, -0.2) is 4.39 Å². The molecule has 0 saturated carbocycles. The molecule has 0 heterocycles. The number of halogens is 1. The highest BCUT2D eigenvalue weighted by Crippen LogP contribution is 2.10. The average molecular weight is 241 g/mol. The van der Waals surface area contributed by atoms with Crippen LogP contribution < -0.4 is 5.32 Å². The lowest BCUT2D eigenvalue weighted by atomic mass is 10.1. The smallest absolute Gasteiger partial charge is 0.123 e. The van der Waals surface area contributed by atoms with Crippen molar-refractivity contribution >= 4 is 5.57 Å². The molecule has 0 saturated heterocycles. The quantitative estimate of drug-likeness (QED) is 0.843. The van der Waals surface area contributed by atoms with Crippen LogP contribution >= 0.6 is 0 Å².